The number of piperazine rings is 1. The molecule has 1 unspecified atom stereocenters. The van der Waals surface area contributed by atoms with Gasteiger partial charge in [0.25, 0.3) is 0 Å². The standard InChI is InChI=1S/C19H23N3O2/c20-13-17(15-6-7-18-19(12-15)24-14-23-18)22-10-8-21(9-11-22)16-4-2-1-3-5-16/h1-7,12,17H,8-11,13-14,20H2. The van der Waals surface area contributed by atoms with Crippen molar-refractivity contribution in [2.45, 2.75) is 6.04 Å². The van der Waals surface area contributed by atoms with Crippen LogP contribution in [0.15, 0.2) is 48.5 Å². The van der Waals surface area contributed by atoms with E-state index >= 15 is 0 Å². The Hall–Kier alpha value is -2.24. The summed E-state index contributed by atoms with van der Waals surface area (Å²) in [5, 5.41) is 0. The highest BCUT2D eigenvalue weighted by Gasteiger charge is 2.25. The molecule has 5 nitrogen and oxygen atoms in total. The number of hydrogen-bond donors (Lipinski definition) is 1. The van der Waals surface area contributed by atoms with Crippen LogP contribution in [-0.2, 0) is 0 Å². The highest BCUT2D eigenvalue weighted by atomic mass is 16.7. The lowest BCUT2D eigenvalue weighted by Gasteiger charge is -2.40. The number of benzene rings is 2. The minimum absolute atomic E-state index is 0.220. The Morgan fingerprint density at radius 1 is 0.917 bits per heavy atom. The number of para-hydroxylation sites is 1. The molecule has 0 bridgehead atoms. The van der Waals surface area contributed by atoms with Crippen LogP contribution in [0.2, 0.25) is 0 Å². The molecule has 0 spiro atoms. The first-order valence-corrected chi connectivity index (χ1v) is 8.49. The molecule has 1 saturated heterocycles. The monoisotopic (exact) mass is 325 g/mol. The fourth-order valence-corrected chi connectivity index (χ4v) is 3.55. The van der Waals surface area contributed by atoms with E-state index in [2.05, 4.69) is 52.3 Å². The summed E-state index contributed by atoms with van der Waals surface area (Å²) >= 11 is 0. The number of nitrogens with zero attached hydrogens (tertiary/aromatic N) is 2. The third kappa shape index (κ3) is 2.92. The maximum absolute atomic E-state index is 6.10. The van der Waals surface area contributed by atoms with Crippen LogP contribution < -0.4 is 20.1 Å². The van der Waals surface area contributed by atoms with Gasteiger partial charge in [0, 0.05) is 44.5 Å². The molecule has 0 radical (unpaired) electrons. The molecule has 24 heavy (non-hydrogen) atoms. The van der Waals surface area contributed by atoms with Gasteiger partial charge in [-0.15, -0.1) is 0 Å². The van der Waals surface area contributed by atoms with E-state index in [9.17, 15) is 0 Å². The third-order valence-electron chi connectivity index (χ3n) is 4.88. The van der Waals surface area contributed by atoms with Crippen LogP contribution >= 0.6 is 0 Å². The smallest absolute Gasteiger partial charge is 0.231 e. The molecule has 2 aromatic rings. The number of rotatable bonds is 4. The molecule has 1 atom stereocenters. The van der Waals surface area contributed by atoms with Gasteiger partial charge < -0.3 is 20.1 Å². The minimum Gasteiger partial charge on any atom is -0.454 e. The number of anilines is 1. The highest BCUT2D eigenvalue weighted by molar-refractivity contribution is 5.47. The van der Waals surface area contributed by atoms with Crippen molar-refractivity contribution < 1.29 is 9.47 Å². The van der Waals surface area contributed by atoms with Crippen molar-refractivity contribution in [1.29, 1.82) is 0 Å². The quantitative estimate of drug-likeness (QED) is 0.934. The van der Waals surface area contributed by atoms with E-state index in [0.29, 0.717) is 13.3 Å². The normalized spacial score (nSPS) is 18.6. The van der Waals surface area contributed by atoms with Crippen LogP contribution in [0.3, 0.4) is 0 Å². The average molecular weight is 325 g/mol. The molecule has 0 amide bonds. The molecule has 2 aliphatic heterocycles. The molecule has 0 aromatic heterocycles. The Labute approximate surface area is 142 Å². The summed E-state index contributed by atoms with van der Waals surface area (Å²) in [4.78, 5) is 4.90. The molecular weight excluding hydrogens is 302 g/mol. The van der Waals surface area contributed by atoms with Gasteiger partial charge in [0.1, 0.15) is 0 Å². The van der Waals surface area contributed by atoms with Gasteiger partial charge in [0.05, 0.1) is 0 Å². The van der Waals surface area contributed by atoms with Crippen molar-refractivity contribution in [3.63, 3.8) is 0 Å². The number of nitrogens with two attached hydrogens (primary N) is 1. The van der Waals surface area contributed by atoms with Crippen LogP contribution in [0.4, 0.5) is 5.69 Å². The zero-order valence-electron chi connectivity index (χ0n) is 13.7. The van der Waals surface area contributed by atoms with E-state index in [4.69, 9.17) is 15.2 Å². The minimum atomic E-state index is 0.220. The van der Waals surface area contributed by atoms with Crippen molar-refractivity contribution in [2.75, 3.05) is 44.4 Å². The highest BCUT2D eigenvalue weighted by Crippen LogP contribution is 2.35. The van der Waals surface area contributed by atoms with E-state index in [-0.39, 0.29) is 6.04 Å². The summed E-state index contributed by atoms with van der Waals surface area (Å²) in [7, 11) is 0. The molecule has 5 heteroatoms. The van der Waals surface area contributed by atoms with Crippen LogP contribution in [0.5, 0.6) is 11.5 Å². The van der Waals surface area contributed by atoms with Gasteiger partial charge in [0.15, 0.2) is 11.5 Å². The van der Waals surface area contributed by atoms with Gasteiger partial charge in [-0.25, -0.2) is 0 Å². The first-order chi connectivity index (χ1) is 11.8. The van der Waals surface area contributed by atoms with E-state index in [1.54, 1.807) is 0 Å². The van der Waals surface area contributed by atoms with Crippen molar-refractivity contribution >= 4 is 5.69 Å². The van der Waals surface area contributed by atoms with Gasteiger partial charge in [-0.3, -0.25) is 4.90 Å². The maximum atomic E-state index is 6.10. The zero-order chi connectivity index (χ0) is 16.4. The lowest BCUT2D eigenvalue weighted by atomic mass is 10.0. The summed E-state index contributed by atoms with van der Waals surface area (Å²) in [5.74, 6) is 1.65. The SMILES string of the molecule is NCC(c1ccc2c(c1)OCO2)N1CCN(c2ccccc2)CC1. The van der Waals surface area contributed by atoms with E-state index in [1.165, 1.54) is 11.3 Å². The molecule has 2 aliphatic rings. The number of ether oxygens (including phenoxy) is 2. The second-order valence-electron chi connectivity index (χ2n) is 6.22. The molecule has 2 N–H and O–H groups in total. The van der Waals surface area contributed by atoms with Gasteiger partial charge in [-0.05, 0) is 29.8 Å². The number of fused-ring (bicyclic) bond motifs is 1. The first-order valence-electron chi connectivity index (χ1n) is 8.49. The summed E-state index contributed by atoms with van der Waals surface area (Å²) < 4.78 is 10.9. The molecule has 2 aromatic carbocycles. The largest absolute Gasteiger partial charge is 0.454 e. The number of hydrogen-bond acceptors (Lipinski definition) is 5. The Morgan fingerprint density at radius 3 is 2.42 bits per heavy atom. The van der Waals surface area contributed by atoms with Gasteiger partial charge >= 0.3 is 0 Å². The lowest BCUT2D eigenvalue weighted by molar-refractivity contribution is 0.173. The van der Waals surface area contributed by atoms with Crippen molar-refractivity contribution in [3.05, 3.63) is 54.1 Å². The van der Waals surface area contributed by atoms with Crippen LogP contribution in [0.25, 0.3) is 0 Å². The third-order valence-corrected chi connectivity index (χ3v) is 4.88. The second-order valence-corrected chi connectivity index (χ2v) is 6.22. The molecular formula is C19H23N3O2. The molecule has 4 rings (SSSR count). The summed E-state index contributed by atoms with van der Waals surface area (Å²) in [6.07, 6.45) is 0. The predicted molar refractivity (Wildman–Crippen MR) is 94.6 cm³/mol. The van der Waals surface area contributed by atoms with Crippen LogP contribution in [0, 0.1) is 0 Å². The Morgan fingerprint density at radius 2 is 1.67 bits per heavy atom. The first kappa shape index (κ1) is 15.3. The summed E-state index contributed by atoms with van der Waals surface area (Å²) in [5.41, 5.74) is 8.60. The molecule has 1 fully saturated rings. The summed E-state index contributed by atoms with van der Waals surface area (Å²) in [6, 6.07) is 17.0. The summed E-state index contributed by atoms with van der Waals surface area (Å²) in [6.45, 7) is 4.96. The zero-order valence-corrected chi connectivity index (χ0v) is 13.7. The van der Waals surface area contributed by atoms with Gasteiger partial charge in [-0.1, -0.05) is 24.3 Å². The van der Waals surface area contributed by atoms with Crippen LogP contribution in [-0.4, -0.2) is 44.4 Å². The van der Waals surface area contributed by atoms with E-state index in [1.807, 2.05) is 6.07 Å². The molecule has 126 valence electrons. The molecule has 0 aliphatic carbocycles. The Kier molecular flexibility index (Phi) is 4.28. The fourth-order valence-electron chi connectivity index (χ4n) is 3.55. The Balaban J connectivity index is 1.45. The lowest BCUT2D eigenvalue weighted by Crippen LogP contribution is -2.49. The van der Waals surface area contributed by atoms with E-state index in [0.717, 1.165) is 37.7 Å². The topological polar surface area (TPSA) is 51.0 Å². The van der Waals surface area contributed by atoms with Gasteiger partial charge in [0.2, 0.25) is 6.79 Å². The van der Waals surface area contributed by atoms with Gasteiger partial charge in [-0.2, -0.15) is 0 Å². The fraction of sp³-hybridized carbons (Fsp3) is 0.368. The maximum Gasteiger partial charge on any atom is 0.231 e. The van der Waals surface area contributed by atoms with Crippen molar-refractivity contribution in [1.82, 2.24) is 4.90 Å². The van der Waals surface area contributed by atoms with Crippen LogP contribution in [0.1, 0.15) is 11.6 Å². The Bertz CT molecular complexity index is 684. The molecule has 0 saturated carbocycles. The molecule has 2 heterocycles. The average Bonchev–Trinajstić information content (AvgIpc) is 3.12. The van der Waals surface area contributed by atoms with E-state index < -0.39 is 0 Å². The van der Waals surface area contributed by atoms with Crippen molar-refractivity contribution in [3.8, 4) is 11.5 Å². The second kappa shape index (κ2) is 6.71. The predicted octanol–water partition coefficient (Wildman–Crippen LogP) is 2.24. The van der Waals surface area contributed by atoms with Crippen molar-refractivity contribution in [2.24, 2.45) is 5.73 Å².